The molecule has 0 aliphatic heterocycles. The number of hydrogen-bond donors (Lipinski definition) is 0. The van der Waals surface area contributed by atoms with Crippen LogP contribution in [0.4, 0.5) is 0 Å². The van der Waals surface area contributed by atoms with Gasteiger partial charge in [0.25, 0.3) is 5.91 Å². The number of hydrogen-bond acceptors (Lipinski definition) is 3. The second-order valence-corrected chi connectivity index (χ2v) is 8.88. The number of sulfonamides is 1. The van der Waals surface area contributed by atoms with Gasteiger partial charge in [0.15, 0.2) is 0 Å². The van der Waals surface area contributed by atoms with Crippen molar-refractivity contribution in [2.24, 2.45) is 5.92 Å². The molecule has 1 amide bonds. The Kier molecular flexibility index (Phi) is 6.63. The molecule has 0 unspecified atom stereocenters. The van der Waals surface area contributed by atoms with Crippen LogP contribution in [0.1, 0.15) is 56.8 Å². The molecule has 1 aliphatic carbocycles. The summed E-state index contributed by atoms with van der Waals surface area (Å²) in [4.78, 5) is 14.8. The molecule has 0 atom stereocenters. The highest BCUT2D eigenvalue weighted by atomic mass is 32.2. The zero-order chi connectivity index (χ0) is 18.6. The molecule has 1 fully saturated rings. The maximum absolute atomic E-state index is 12.8. The molecule has 0 spiro atoms. The summed E-state index contributed by atoms with van der Waals surface area (Å²) in [6.07, 6.45) is 4.30. The zero-order valence-corrected chi connectivity index (χ0v) is 16.6. The van der Waals surface area contributed by atoms with E-state index in [1.807, 2.05) is 20.9 Å². The molecule has 0 N–H and O–H groups in total. The molecule has 6 heteroatoms. The second-order valence-electron chi connectivity index (χ2n) is 6.95. The third-order valence-corrected chi connectivity index (χ3v) is 7.32. The first-order valence-corrected chi connectivity index (χ1v) is 10.6. The van der Waals surface area contributed by atoms with E-state index >= 15 is 0 Å². The Morgan fingerprint density at radius 1 is 1.12 bits per heavy atom. The Hall–Kier alpha value is -1.40. The van der Waals surface area contributed by atoms with Crippen LogP contribution in [0.25, 0.3) is 0 Å². The molecule has 25 heavy (non-hydrogen) atoms. The minimum Gasteiger partial charge on any atom is -0.339 e. The van der Waals surface area contributed by atoms with Gasteiger partial charge in [0.05, 0.1) is 4.90 Å². The van der Waals surface area contributed by atoms with Crippen molar-refractivity contribution in [3.05, 3.63) is 29.8 Å². The predicted molar refractivity (Wildman–Crippen MR) is 100 cm³/mol. The van der Waals surface area contributed by atoms with Gasteiger partial charge in [-0.3, -0.25) is 4.79 Å². The molecular formula is C19H30N2O3S. The minimum atomic E-state index is -3.55. The monoisotopic (exact) mass is 366 g/mol. The van der Waals surface area contributed by atoms with Crippen molar-refractivity contribution in [1.29, 1.82) is 0 Å². The normalized spacial score (nSPS) is 21.3. The molecule has 2 rings (SSSR count). The average Bonchev–Trinajstić information content (AvgIpc) is 2.62. The summed E-state index contributed by atoms with van der Waals surface area (Å²) in [6, 6.07) is 6.67. The number of amides is 1. The summed E-state index contributed by atoms with van der Waals surface area (Å²) >= 11 is 0. The van der Waals surface area contributed by atoms with Crippen molar-refractivity contribution < 1.29 is 13.2 Å². The van der Waals surface area contributed by atoms with Crippen molar-refractivity contribution in [3.63, 3.8) is 0 Å². The van der Waals surface area contributed by atoms with Gasteiger partial charge >= 0.3 is 0 Å². The van der Waals surface area contributed by atoms with Crippen LogP contribution in [-0.4, -0.2) is 49.7 Å². The summed E-state index contributed by atoms with van der Waals surface area (Å²) in [5.41, 5.74) is 0.439. The molecular weight excluding hydrogens is 336 g/mol. The van der Waals surface area contributed by atoms with E-state index in [1.165, 1.54) is 10.4 Å². The van der Waals surface area contributed by atoms with Crippen molar-refractivity contribution >= 4 is 15.9 Å². The minimum absolute atomic E-state index is 0.101. The molecule has 140 valence electrons. The van der Waals surface area contributed by atoms with Gasteiger partial charge in [-0.2, -0.15) is 4.31 Å². The number of rotatable bonds is 6. The maximum atomic E-state index is 12.8. The Bertz CT molecular complexity index is 690. The van der Waals surface area contributed by atoms with Crippen LogP contribution in [0.2, 0.25) is 0 Å². The SMILES string of the molecule is CCN(CC)S(=O)(=O)c1cccc(C(=O)N(C)C2CCC(C)CC2)c1. The predicted octanol–water partition coefficient (Wildman–Crippen LogP) is 3.37. The molecule has 1 aromatic rings. The van der Waals surface area contributed by atoms with Crippen molar-refractivity contribution in [2.45, 2.75) is 57.4 Å². The van der Waals surface area contributed by atoms with Crippen molar-refractivity contribution in [2.75, 3.05) is 20.1 Å². The molecule has 0 aromatic heterocycles. The first-order valence-electron chi connectivity index (χ1n) is 9.18. The Morgan fingerprint density at radius 2 is 1.72 bits per heavy atom. The van der Waals surface area contributed by atoms with Crippen LogP contribution in [0.15, 0.2) is 29.2 Å². The summed E-state index contributed by atoms with van der Waals surface area (Å²) in [6.45, 7) is 6.70. The van der Waals surface area contributed by atoms with Crippen LogP contribution in [0, 0.1) is 5.92 Å². The van der Waals surface area contributed by atoms with Gasteiger partial charge in [-0.25, -0.2) is 8.42 Å². The highest BCUT2D eigenvalue weighted by molar-refractivity contribution is 7.89. The topological polar surface area (TPSA) is 57.7 Å². The molecule has 5 nitrogen and oxygen atoms in total. The third-order valence-electron chi connectivity index (χ3n) is 5.28. The molecule has 0 bridgehead atoms. The molecule has 1 aromatic carbocycles. The fraction of sp³-hybridized carbons (Fsp3) is 0.632. The van der Waals surface area contributed by atoms with E-state index in [1.54, 1.807) is 23.1 Å². The van der Waals surface area contributed by atoms with E-state index in [9.17, 15) is 13.2 Å². The lowest BCUT2D eigenvalue weighted by Gasteiger charge is -2.33. The lowest BCUT2D eigenvalue weighted by Crippen LogP contribution is -2.39. The highest BCUT2D eigenvalue weighted by Gasteiger charge is 2.27. The molecule has 0 saturated heterocycles. The number of nitrogens with zero attached hydrogens (tertiary/aromatic N) is 2. The molecule has 1 aliphatic rings. The van der Waals surface area contributed by atoms with E-state index < -0.39 is 10.0 Å². The second kappa shape index (κ2) is 8.32. The van der Waals surface area contributed by atoms with Gasteiger partial charge < -0.3 is 4.90 Å². The fourth-order valence-electron chi connectivity index (χ4n) is 3.50. The third kappa shape index (κ3) is 4.42. The summed E-state index contributed by atoms with van der Waals surface area (Å²) < 4.78 is 26.8. The van der Waals surface area contributed by atoms with Crippen LogP contribution in [0.5, 0.6) is 0 Å². The smallest absolute Gasteiger partial charge is 0.253 e. The van der Waals surface area contributed by atoms with Gasteiger partial charge in [0, 0.05) is 31.7 Å². The van der Waals surface area contributed by atoms with Gasteiger partial charge in [-0.15, -0.1) is 0 Å². The van der Waals surface area contributed by atoms with E-state index in [4.69, 9.17) is 0 Å². The Balaban J connectivity index is 2.21. The first kappa shape index (κ1) is 19.9. The lowest BCUT2D eigenvalue weighted by atomic mass is 9.86. The van der Waals surface area contributed by atoms with E-state index in [2.05, 4.69) is 6.92 Å². The van der Waals surface area contributed by atoms with Crippen molar-refractivity contribution in [1.82, 2.24) is 9.21 Å². The maximum Gasteiger partial charge on any atom is 0.253 e. The number of benzene rings is 1. The summed E-state index contributed by atoms with van der Waals surface area (Å²) in [5.74, 6) is 0.624. The van der Waals surface area contributed by atoms with Crippen LogP contribution in [0.3, 0.4) is 0 Å². The van der Waals surface area contributed by atoms with Crippen molar-refractivity contribution in [3.8, 4) is 0 Å². The Labute approximate surface area is 152 Å². The summed E-state index contributed by atoms with van der Waals surface area (Å²) in [5, 5.41) is 0. The van der Waals surface area contributed by atoms with Gasteiger partial charge in [-0.05, 0) is 49.8 Å². The highest BCUT2D eigenvalue weighted by Crippen LogP contribution is 2.27. The fourth-order valence-corrected chi connectivity index (χ4v) is 5.01. The Morgan fingerprint density at radius 3 is 2.28 bits per heavy atom. The largest absolute Gasteiger partial charge is 0.339 e. The molecule has 1 saturated carbocycles. The lowest BCUT2D eigenvalue weighted by molar-refractivity contribution is 0.0679. The van der Waals surface area contributed by atoms with Gasteiger partial charge in [0.1, 0.15) is 0 Å². The van der Waals surface area contributed by atoms with Gasteiger partial charge in [-0.1, -0.05) is 26.8 Å². The number of carbonyl (C=O) groups excluding carboxylic acids is 1. The van der Waals surface area contributed by atoms with E-state index in [0.29, 0.717) is 18.7 Å². The standard InChI is InChI=1S/C19H30N2O3S/c1-5-21(6-2)25(23,24)18-9-7-8-16(14-18)19(22)20(4)17-12-10-15(3)11-13-17/h7-9,14-15,17H,5-6,10-13H2,1-4H3. The van der Waals surface area contributed by atoms with Crippen LogP contribution < -0.4 is 0 Å². The number of carbonyl (C=O) groups is 1. The quantitative estimate of drug-likeness (QED) is 0.776. The first-order chi connectivity index (χ1) is 11.8. The summed E-state index contributed by atoms with van der Waals surface area (Å²) in [7, 11) is -1.72. The molecule has 0 heterocycles. The van der Waals surface area contributed by atoms with Gasteiger partial charge in [0.2, 0.25) is 10.0 Å². The van der Waals surface area contributed by atoms with Crippen LogP contribution in [-0.2, 0) is 10.0 Å². The average molecular weight is 367 g/mol. The van der Waals surface area contributed by atoms with E-state index in [-0.39, 0.29) is 16.8 Å². The van der Waals surface area contributed by atoms with Crippen LogP contribution >= 0.6 is 0 Å². The zero-order valence-electron chi connectivity index (χ0n) is 15.7. The molecule has 0 radical (unpaired) electrons. The van der Waals surface area contributed by atoms with E-state index in [0.717, 1.165) is 31.6 Å².